The second kappa shape index (κ2) is 6.42. The van der Waals surface area contributed by atoms with Crippen molar-refractivity contribution in [1.82, 2.24) is 9.97 Å². The molecule has 6 nitrogen and oxygen atoms in total. The van der Waals surface area contributed by atoms with E-state index in [0.29, 0.717) is 17.1 Å². The number of aromatic amines is 1. The minimum Gasteiger partial charge on any atom is -0.324 e. The van der Waals surface area contributed by atoms with Crippen LogP contribution in [0.4, 0.5) is 24.8 Å². The quantitative estimate of drug-likeness (QED) is 0.740. The Kier molecular flexibility index (Phi) is 4.06. The van der Waals surface area contributed by atoms with Gasteiger partial charge in [-0.2, -0.15) is 0 Å². The van der Waals surface area contributed by atoms with Crippen LogP contribution < -0.4 is 10.2 Å². The van der Waals surface area contributed by atoms with Crippen LogP contribution in [0.25, 0.3) is 11.0 Å². The number of imidazole rings is 1. The van der Waals surface area contributed by atoms with Crippen molar-refractivity contribution in [2.45, 2.75) is 6.42 Å². The molecule has 1 aliphatic rings. The van der Waals surface area contributed by atoms with E-state index in [9.17, 15) is 22.8 Å². The van der Waals surface area contributed by atoms with Crippen molar-refractivity contribution in [2.24, 2.45) is 5.92 Å². The van der Waals surface area contributed by atoms with Crippen molar-refractivity contribution in [3.63, 3.8) is 0 Å². The summed E-state index contributed by atoms with van der Waals surface area (Å²) >= 11 is 0. The molecule has 2 heterocycles. The predicted octanol–water partition coefficient (Wildman–Crippen LogP) is 2.97. The summed E-state index contributed by atoms with van der Waals surface area (Å²) < 4.78 is 40.0. The van der Waals surface area contributed by atoms with E-state index in [-0.39, 0.29) is 24.6 Å². The number of hydrogen-bond acceptors (Lipinski definition) is 3. The lowest BCUT2D eigenvalue weighted by molar-refractivity contribution is -0.122. The average molecular weight is 374 g/mol. The highest BCUT2D eigenvalue weighted by atomic mass is 19.1. The van der Waals surface area contributed by atoms with Gasteiger partial charge in [0, 0.05) is 24.7 Å². The normalized spacial score (nSPS) is 16.9. The molecule has 0 aliphatic carbocycles. The third kappa shape index (κ3) is 3.35. The highest BCUT2D eigenvalue weighted by Crippen LogP contribution is 2.27. The van der Waals surface area contributed by atoms with Crippen molar-refractivity contribution in [2.75, 3.05) is 16.8 Å². The van der Waals surface area contributed by atoms with Crippen LogP contribution in [-0.4, -0.2) is 28.3 Å². The first-order valence-corrected chi connectivity index (χ1v) is 8.11. The number of rotatable bonds is 3. The molecule has 0 radical (unpaired) electrons. The number of H-pyrrole nitrogens is 1. The number of carbonyl (C=O) groups excluding carboxylic acids is 2. The summed E-state index contributed by atoms with van der Waals surface area (Å²) in [5.41, 5.74) is 0.961. The van der Waals surface area contributed by atoms with Gasteiger partial charge in [-0.3, -0.25) is 14.9 Å². The Balaban J connectivity index is 1.50. The van der Waals surface area contributed by atoms with Crippen LogP contribution in [0.3, 0.4) is 0 Å². The zero-order valence-electron chi connectivity index (χ0n) is 13.8. The topological polar surface area (TPSA) is 78.1 Å². The van der Waals surface area contributed by atoms with E-state index >= 15 is 0 Å². The fourth-order valence-corrected chi connectivity index (χ4v) is 3.09. The molecule has 1 fully saturated rings. The minimum atomic E-state index is -0.805. The summed E-state index contributed by atoms with van der Waals surface area (Å²) in [6, 6.07) is 6.75. The van der Waals surface area contributed by atoms with Crippen LogP contribution in [0.15, 0.2) is 36.4 Å². The lowest BCUT2D eigenvalue weighted by atomic mass is 10.1. The van der Waals surface area contributed by atoms with Crippen LogP contribution in [0.5, 0.6) is 0 Å². The van der Waals surface area contributed by atoms with E-state index in [1.165, 1.54) is 23.1 Å². The molecule has 138 valence electrons. The molecule has 1 saturated heterocycles. The molecule has 1 atom stereocenters. The molecule has 1 unspecified atom stereocenters. The Morgan fingerprint density at radius 3 is 2.59 bits per heavy atom. The van der Waals surface area contributed by atoms with Gasteiger partial charge >= 0.3 is 0 Å². The van der Waals surface area contributed by atoms with E-state index in [1.54, 1.807) is 0 Å². The fourth-order valence-electron chi connectivity index (χ4n) is 3.09. The summed E-state index contributed by atoms with van der Waals surface area (Å²) in [7, 11) is 0. The number of benzene rings is 2. The maximum Gasteiger partial charge on any atom is 0.232 e. The number of aromatic nitrogens is 2. The summed E-state index contributed by atoms with van der Waals surface area (Å²) in [6.45, 7) is -0.0115. The summed E-state index contributed by atoms with van der Waals surface area (Å²) in [4.78, 5) is 32.7. The van der Waals surface area contributed by atoms with Crippen molar-refractivity contribution in [3.05, 3.63) is 53.8 Å². The molecule has 2 amide bonds. The van der Waals surface area contributed by atoms with Gasteiger partial charge in [0.25, 0.3) is 0 Å². The third-order valence-electron chi connectivity index (χ3n) is 4.34. The van der Waals surface area contributed by atoms with Crippen molar-refractivity contribution in [3.8, 4) is 0 Å². The van der Waals surface area contributed by atoms with E-state index in [4.69, 9.17) is 0 Å². The van der Waals surface area contributed by atoms with Gasteiger partial charge in [-0.25, -0.2) is 18.2 Å². The SMILES string of the molecule is O=C(Nc1nc2ccc(F)cc2[nH]1)C1CC(=O)N(c2cc(F)cc(F)c2)C1. The van der Waals surface area contributed by atoms with Gasteiger partial charge < -0.3 is 9.88 Å². The number of anilines is 2. The number of carbonyl (C=O) groups is 2. The van der Waals surface area contributed by atoms with E-state index < -0.39 is 35.2 Å². The highest BCUT2D eigenvalue weighted by Gasteiger charge is 2.35. The Morgan fingerprint density at radius 2 is 1.85 bits per heavy atom. The number of halogens is 3. The zero-order chi connectivity index (χ0) is 19.1. The van der Waals surface area contributed by atoms with Gasteiger partial charge in [-0.15, -0.1) is 0 Å². The maximum absolute atomic E-state index is 13.4. The standard InChI is InChI=1S/C18H13F3N4O2/c19-10-1-2-14-15(7-10)23-18(22-14)24-17(27)9-3-16(26)25(8-9)13-5-11(20)4-12(21)6-13/h1-2,4-7,9H,3,8H2,(H2,22,23,24,27). The molecule has 0 bridgehead atoms. The Hall–Kier alpha value is -3.36. The molecule has 1 aliphatic heterocycles. The van der Waals surface area contributed by atoms with Gasteiger partial charge in [0.05, 0.1) is 17.0 Å². The third-order valence-corrected chi connectivity index (χ3v) is 4.34. The smallest absolute Gasteiger partial charge is 0.232 e. The van der Waals surface area contributed by atoms with Crippen molar-refractivity contribution >= 4 is 34.5 Å². The van der Waals surface area contributed by atoms with Crippen molar-refractivity contribution < 1.29 is 22.8 Å². The van der Waals surface area contributed by atoms with Crippen LogP contribution in [0.1, 0.15) is 6.42 Å². The molecule has 9 heteroatoms. The van der Waals surface area contributed by atoms with Gasteiger partial charge in [-0.05, 0) is 30.3 Å². The second-order valence-electron chi connectivity index (χ2n) is 6.27. The fraction of sp³-hybridized carbons (Fsp3) is 0.167. The number of amides is 2. The number of nitrogens with one attached hydrogen (secondary N) is 2. The van der Waals surface area contributed by atoms with E-state index in [0.717, 1.165) is 12.1 Å². The maximum atomic E-state index is 13.4. The van der Waals surface area contributed by atoms with Crippen LogP contribution in [0, 0.1) is 23.4 Å². The van der Waals surface area contributed by atoms with Crippen LogP contribution in [-0.2, 0) is 9.59 Å². The number of fused-ring (bicyclic) bond motifs is 1. The molecular weight excluding hydrogens is 361 g/mol. The first-order valence-electron chi connectivity index (χ1n) is 8.11. The zero-order valence-corrected chi connectivity index (χ0v) is 13.8. The molecule has 27 heavy (non-hydrogen) atoms. The number of nitrogens with zero attached hydrogens (tertiary/aromatic N) is 2. The molecule has 0 spiro atoms. The molecule has 1 aromatic heterocycles. The van der Waals surface area contributed by atoms with E-state index in [2.05, 4.69) is 15.3 Å². The molecule has 0 saturated carbocycles. The number of hydrogen-bond donors (Lipinski definition) is 2. The molecule has 3 aromatic rings. The largest absolute Gasteiger partial charge is 0.324 e. The average Bonchev–Trinajstić information content (AvgIpc) is 3.16. The Bertz CT molecular complexity index is 1050. The molecular formula is C18H13F3N4O2. The summed E-state index contributed by atoms with van der Waals surface area (Å²) in [5.74, 6) is -3.52. The van der Waals surface area contributed by atoms with E-state index in [1.807, 2.05) is 0 Å². The lowest BCUT2D eigenvalue weighted by Crippen LogP contribution is -2.28. The Labute approximate surface area is 151 Å². The van der Waals surface area contributed by atoms with Gasteiger partial charge in [0.1, 0.15) is 17.5 Å². The minimum absolute atomic E-state index is 0.0115. The summed E-state index contributed by atoms with van der Waals surface area (Å²) in [5, 5.41) is 2.55. The lowest BCUT2D eigenvalue weighted by Gasteiger charge is -2.16. The molecule has 2 aromatic carbocycles. The van der Waals surface area contributed by atoms with Crippen LogP contribution >= 0.6 is 0 Å². The predicted molar refractivity (Wildman–Crippen MR) is 91.5 cm³/mol. The second-order valence-corrected chi connectivity index (χ2v) is 6.27. The monoisotopic (exact) mass is 374 g/mol. The first kappa shape index (κ1) is 17.1. The van der Waals surface area contributed by atoms with Gasteiger partial charge in [0.15, 0.2) is 0 Å². The summed E-state index contributed by atoms with van der Waals surface area (Å²) in [6.07, 6.45) is -0.0984. The first-order chi connectivity index (χ1) is 12.9. The van der Waals surface area contributed by atoms with Gasteiger partial charge in [0.2, 0.25) is 17.8 Å². The molecule has 2 N–H and O–H groups in total. The Morgan fingerprint density at radius 1 is 1.11 bits per heavy atom. The van der Waals surface area contributed by atoms with Crippen LogP contribution in [0.2, 0.25) is 0 Å². The van der Waals surface area contributed by atoms with Crippen molar-refractivity contribution in [1.29, 1.82) is 0 Å². The molecule has 4 rings (SSSR count). The van der Waals surface area contributed by atoms with Gasteiger partial charge in [-0.1, -0.05) is 0 Å². The highest BCUT2D eigenvalue weighted by molar-refractivity contribution is 6.03.